The van der Waals surface area contributed by atoms with Gasteiger partial charge >= 0.3 is 6.18 Å². The molecule has 1 aromatic heterocycles. The van der Waals surface area contributed by atoms with Gasteiger partial charge < -0.3 is 5.11 Å². The van der Waals surface area contributed by atoms with Crippen LogP contribution in [-0.2, 0) is 12.6 Å². The molecule has 0 saturated heterocycles. The molecule has 0 amide bonds. The quantitative estimate of drug-likeness (QED) is 0.912. The van der Waals surface area contributed by atoms with Gasteiger partial charge in [0, 0.05) is 24.3 Å². The van der Waals surface area contributed by atoms with E-state index in [0.717, 1.165) is 10.7 Å². The smallest absolute Gasteiger partial charge is 0.396 e. The minimum absolute atomic E-state index is 0.0754. The molecular weight excluding hydrogens is 297 g/mol. The van der Waals surface area contributed by atoms with Gasteiger partial charge in [-0.25, -0.2) is 4.68 Å². The van der Waals surface area contributed by atoms with Gasteiger partial charge in [0.2, 0.25) is 0 Å². The molecule has 0 aliphatic carbocycles. The standard InChI is InChI=1S/C15H17F3N2O2/c1-9(2)13-10(7-8-21)14(22)20(19-13)12-6-4-3-5-11(12)15(16,17)18/h3-6,9,19,21H,7-8H2,1-2H3. The maximum atomic E-state index is 13.1. The number of aliphatic hydroxyl groups is 1. The van der Waals surface area contributed by atoms with E-state index in [1.54, 1.807) is 0 Å². The molecule has 0 fully saturated rings. The van der Waals surface area contributed by atoms with Crippen LogP contribution in [0, 0.1) is 0 Å². The molecule has 0 spiro atoms. The summed E-state index contributed by atoms with van der Waals surface area (Å²) in [5, 5.41) is 11.8. The monoisotopic (exact) mass is 314 g/mol. The zero-order valence-electron chi connectivity index (χ0n) is 12.2. The van der Waals surface area contributed by atoms with E-state index in [0.29, 0.717) is 11.3 Å². The number of aromatic amines is 1. The van der Waals surface area contributed by atoms with Crippen LogP contribution in [0.4, 0.5) is 13.2 Å². The lowest BCUT2D eigenvalue weighted by atomic mass is 10.0. The van der Waals surface area contributed by atoms with Crippen molar-refractivity contribution in [1.29, 1.82) is 0 Å². The molecule has 0 aliphatic heterocycles. The fourth-order valence-corrected chi connectivity index (χ4v) is 2.40. The molecule has 0 saturated carbocycles. The number of nitrogens with one attached hydrogen (secondary N) is 1. The number of halogens is 3. The molecule has 0 radical (unpaired) electrons. The Labute approximate surface area is 125 Å². The summed E-state index contributed by atoms with van der Waals surface area (Å²) in [7, 11) is 0. The predicted octanol–water partition coefficient (Wildman–Crippen LogP) is 2.84. The third kappa shape index (κ3) is 2.94. The van der Waals surface area contributed by atoms with Crippen LogP contribution in [0.5, 0.6) is 0 Å². The number of alkyl halides is 3. The van der Waals surface area contributed by atoms with E-state index in [4.69, 9.17) is 5.11 Å². The molecule has 120 valence electrons. The maximum Gasteiger partial charge on any atom is 0.418 e. The number of aliphatic hydroxyl groups excluding tert-OH is 1. The van der Waals surface area contributed by atoms with Crippen molar-refractivity contribution in [3.8, 4) is 5.69 Å². The number of para-hydroxylation sites is 1. The lowest BCUT2D eigenvalue weighted by molar-refractivity contribution is -0.137. The first-order valence-electron chi connectivity index (χ1n) is 6.88. The van der Waals surface area contributed by atoms with Crippen LogP contribution in [0.25, 0.3) is 5.69 Å². The predicted molar refractivity (Wildman–Crippen MR) is 76.3 cm³/mol. The van der Waals surface area contributed by atoms with Gasteiger partial charge in [-0.1, -0.05) is 26.0 Å². The minimum Gasteiger partial charge on any atom is -0.396 e. The van der Waals surface area contributed by atoms with Crippen LogP contribution in [0.2, 0.25) is 0 Å². The molecule has 2 N–H and O–H groups in total. The summed E-state index contributed by atoms with van der Waals surface area (Å²) >= 11 is 0. The summed E-state index contributed by atoms with van der Waals surface area (Å²) in [4.78, 5) is 12.4. The molecule has 0 bridgehead atoms. The van der Waals surface area contributed by atoms with Gasteiger partial charge in [0.15, 0.2) is 0 Å². The van der Waals surface area contributed by atoms with E-state index in [9.17, 15) is 18.0 Å². The molecule has 1 heterocycles. The highest BCUT2D eigenvalue weighted by atomic mass is 19.4. The lowest BCUT2D eigenvalue weighted by Crippen LogP contribution is -2.21. The Kier molecular flexibility index (Phi) is 4.46. The summed E-state index contributed by atoms with van der Waals surface area (Å²) in [6.07, 6.45) is -4.46. The van der Waals surface area contributed by atoms with Gasteiger partial charge in [0.1, 0.15) is 0 Å². The summed E-state index contributed by atoms with van der Waals surface area (Å²) in [6.45, 7) is 3.41. The van der Waals surface area contributed by atoms with Gasteiger partial charge in [0.05, 0.1) is 11.3 Å². The van der Waals surface area contributed by atoms with Crippen molar-refractivity contribution in [2.75, 3.05) is 6.61 Å². The van der Waals surface area contributed by atoms with Crippen LogP contribution in [-0.4, -0.2) is 21.5 Å². The van der Waals surface area contributed by atoms with Crippen molar-refractivity contribution in [3.05, 3.63) is 51.4 Å². The number of hydrogen-bond acceptors (Lipinski definition) is 2. The average molecular weight is 314 g/mol. The fraction of sp³-hybridized carbons (Fsp3) is 0.400. The van der Waals surface area contributed by atoms with Gasteiger partial charge in [-0.2, -0.15) is 13.2 Å². The summed E-state index contributed by atoms with van der Waals surface area (Å²) in [6, 6.07) is 4.90. The van der Waals surface area contributed by atoms with Crippen LogP contribution in [0.1, 0.15) is 36.6 Å². The third-order valence-corrected chi connectivity index (χ3v) is 3.41. The molecule has 7 heteroatoms. The normalized spacial score (nSPS) is 12.1. The number of benzene rings is 1. The average Bonchev–Trinajstić information content (AvgIpc) is 2.76. The lowest BCUT2D eigenvalue weighted by Gasteiger charge is -2.12. The molecule has 1 aromatic carbocycles. The second-order valence-electron chi connectivity index (χ2n) is 5.29. The zero-order valence-corrected chi connectivity index (χ0v) is 12.2. The first-order valence-corrected chi connectivity index (χ1v) is 6.88. The zero-order chi connectivity index (χ0) is 16.5. The molecule has 0 atom stereocenters. The maximum absolute atomic E-state index is 13.1. The SMILES string of the molecule is CC(C)c1[nH]n(-c2ccccc2C(F)(F)F)c(=O)c1CCO. The minimum atomic E-state index is -4.56. The van der Waals surface area contributed by atoms with E-state index >= 15 is 0 Å². The van der Waals surface area contributed by atoms with Gasteiger partial charge in [0.25, 0.3) is 5.56 Å². The first kappa shape index (κ1) is 16.4. The van der Waals surface area contributed by atoms with E-state index < -0.39 is 17.3 Å². The molecular formula is C15H17F3N2O2. The Morgan fingerprint density at radius 2 is 1.91 bits per heavy atom. The van der Waals surface area contributed by atoms with Crippen molar-refractivity contribution >= 4 is 0 Å². The fourth-order valence-electron chi connectivity index (χ4n) is 2.40. The van der Waals surface area contributed by atoms with Crippen molar-refractivity contribution in [1.82, 2.24) is 9.78 Å². The highest BCUT2D eigenvalue weighted by Gasteiger charge is 2.34. The van der Waals surface area contributed by atoms with E-state index in [1.165, 1.54) is 18.2 Å². The van der Waals surface area contributed by atoms with Gasteiger partial charge in [-0.3, -0.25) is 9.89 Å². The van der Waals surface area contributed by atoms with Crippen LogP contribution in [0.3, 0.4) is 0 Å². The molecule has 0 unspecified atom stereocenters. The third-order valence-electron chi connectivity index (χ3n) is 3.41. The first-order chi connectivity index (χ1) is 10.3. The van der Waals surface area contributed by atoms with E-state index in [2.05, 4.69) is 5.10 Å². The number of rotatable bonds is 4. The van der Waals surface area contributed by atoms with Crippen LogP contribution in [0.15, 0.2) is 29.1 Å². The molecule has 2 rings (SSSR count). The molecule has 0 aliphatic rings. The Morgan fingerprint density at radius 3 is 2.45 bits per heavy atom. The number of nitrogens with zero attached hydrogens (tertiary/aromatic N) is 1. The van der Waals surface area contributed by atoms with Gasteiger partial charge in [-0.05, 0) is 18.1 Å². The Bertz CT molecular complexity index is 714. The van der Waals surface area contributed by atoms with Gasteiger partial charge in [-0.15, -0.1) is 0 Å². The molecule has 2 aromatic rings. The Hall–Kier alpha value is -2.02. The van der Waals surface area contributed by atoms with Crippen molar-refractivity contribution < 1.29 is 18.3 Å². The largest absolute Gasteiger partial charge is 0.418 e. The van der Waals surface area contributed by atoms with Crippen molar-refractivity contribution in [2.24, 2.45) is 0 Å². The molecule has 4 nitrogen and oxygen atoms in total. The Balaban J connectivity index is 2.70. The second kappa shape index (κ2) is 6.00. The Morgan fingerprint density at radius 1 is 1.27 bits per heavy atom. The summed E-state index contributed by atoms with van der Waals surface area (Å²) < 4.78 is 40.2. The number of hydrogen-bond donors (Lipinski definition) is 2. The topological polar surface area (TPSA) is 58.0 Å². The van der Waals surface area contributed by atoms with Crippen LogP contribution >= 0.6 is 0 Å². The van der Waals surface area contributed by atoms with Crippen molar-refractivity contribution in [2.45, 2.75) is 32.4 Å². The van der Waals surface area contributed by atoms with E-state index in [-0.39, 0.29) is 24.6 Å². The number of H-pyrrole nitrogens is 1. The van der Waals surface area contributed by atoms with Crippen molar-refractivity contribution in [3.63, 3.8) is 0 Å². The second-order valence-corrected chi connectivity index (χ2v) is 5.29. The number of aromatic nitrogens is 2. The highest BCUT2D eigenvalue weighted by Crippen LogP contribution is 2.33. The summed E-state index contributed by atoms with van der Waals surface area (Å²) in [5.41, 5.74) is -0.838. The highest BCUT2D eigenvalue weighted by molar-refractivity contribution is 5.43. The van der Waals surface area contributed by atoms with E-state index in [1.807, 2.05) is 13.8 Å². The van der Waals surface area contributed by atoms with Crippen LogP contribution < -0.4 is 5.56 Å². The summed E-state index contributed by atoms with van der Waals surface area (Å²) in [5.74, 6) is -0.0754. The molecule has 22 heavy (non-hydrogen) atoms.